The van der Waals surface area contributed by atoms with Crippen LogP contribution in [-0.4, -0.2) is 17.1 Å². The first-order valence-electron chi connectivity index (χ1n) is 5.88. The molecular formula is C14H13ClN3OS-. The summed E-state index contributed by atoms with van der Waals surface area (Å²) in [5.74, 6) is 1.64. The van der Waals surface area contributed by atoms with Gasteiger partial charge in [-0.1, -0.05) is 6.07 Å². The highest BCUT2D eigenvalue weighted by atomic mass is 35.5. The molecule has 2 aromatic heterocycles. The number of hydrogen-bond acceptors (Lipinski definition) is 5. The number of thiophene rings is 1. The predicted molar refractivity (Wildman–Crippen MR) is 78.4 cm³/mol. The number of ether oxygens (including phenoxy) is 1. The maximum absolute atomic E-state index is 5.21. The zero-order valence-electron chi connectivity index (χ0n) is 11.1. The normalized spacial score (nSPS) is 10.1. The lowest BCUT2D eigenvalue weighted by Crippen LogP contribution is -3.00. The molecule has 2 heterocycles. The summed E-state index contributed by atoms with van der Waals surface area (Å²) in [4.78, 5) is 10.8. The fraction of sp³-hybridized carbons (Fsp3) is 0.143. The minimum Gasteiger partial charge on any atom is -1.00 e. The lowest BCUT2D eigenvalue weighted by atomic mass is 10.3. The second kappa shape index (κ2) is 6.07. The van der Waals surface area contributed by atoms with Gasteiger partial charge in [0, 0.05) is 16.6 Å². The van der Waals surface area contributed by atoms with Crippen LogP contribution in [0.2, 0.25) is 0 Å². The van der Waals surface area contributed by atoms with Crippen LogP contribution in [0.3, 0.4) is 0 Å². The molecule has 0 spiro atoms. The fourth-order valence-electron chi connectivity index (χ4n) is 1.91. The molecule has 0 saturated heterocycles. The molecule has 3 aromatic rings. The number of fused-ring (bicyclic) bond motifs is 1. The number of nitrogens with one attached hydrogen (secondary N) is 1. The van der Waals surface area contributed by atoms with Gasteiger partial charge in [0.1, 0.15) is 22.7 Å². The van der Waals surface area contributed by atoms with Gasteiger partial charge in [-0.05, 0) is 25.1 Å². The van der Waals surface area contributed by atoms with Crippen molar-refractivity contribution in [2.45, 2.75) is 6.92 Å². The van der Waals surface area contributed by atoms with Gasteiger partial charge in [0.25, 0.3) is 0 Å². The molecule has 0 saturated carbocycles. The van der Waals surface area contributed by atoms with Crippen LogP contribution in [0, 0.1) is 6.92 Å². The van der Waals surface area contributed by atoms with E-state index >= 15 is 0 Å². The Kier molecular flexibility index (Phi) is 4.42. The van der Waals surface area contributed by atoms with Crippen molar-refractivity contribution in [3.63, 3.8) is 0 Å². The zero-order chi connectivity index (χ0) is 13.2. The topological polar surface area (TPSA) is 47.0 Å². The summed E-state index contributed by atoms with van der Waals surface area (Å²) in [6, 6.07) is 9.87. The molecular weight excluding hydrogens is 294 g/mol. The summed E-state index contributed by atoms with van der Waals surface area (Å²) in [7, 11) is 1.66. The van der Waals surface area contributed by atoms with Crippen molar-refractivity contribution in [2.24, 2.45) is 0 Å². The minimum absolute atomic E-state index is 0. The first-order valence-corrected chi connectivity index (χ1v) is 6.70. The Bertz CT molecular complexity index is 729. The fourth-order valence-corrected chi connectivity index (χ4v) is 2.76. The lowest BCUT2D eigenvalue weighted by Gasteiger charge is -2.07. The smallest absolute Gasteiger partial charge is 0.142 e. The van der Waals surface area contributed by atoms with Crippen molar-refractivity contribution >= 4 is 33.1 Å². The number of rotatable bonds is 3. The van der Waals surface area contributed by atoms with Crippen molar-refractivity contribution in [3.05, 3.63) is 41.5 Å². The molecule has 0 aliphatic carbocycles. The summed E-state index contributed by atoms with van der Waals surface area (Å²) >= 11 is 1.67. The van der Waals surface area contributed by atoms with Crippen LogP contribution in [-0.2, 0) is 0 Å². The molecule has 1 N–H and O–H groups in total. The molecule has 104 valence electrons. The van der Waals surface area contributed by atoms with E-state index in [2.05, 4.69) is 28.3 Å². The van der Waals surface area contributed by atoms with Crippen molar-refractivity contribution in [2.75, 3.05) is 12.4 Å². The van der Waals surface area contributed by atoms with Crippen molar-refractivity contribution in [3.8, 4) is 5.75 Å². The highest BCUT2D eigenvalue weighted by Crippen LogP contribution is 2.29. The zero-order valence-corrected chi connectivity index (χ0v) is 12.6. The van der Waals surface area contributed by atoms with E-state index in [-0.39, 0.29) is 12.4 Å². The van der Waals surface area contributed by atoms with Gasteiger partial charge in [0.15, 0.2) is 0 Å². The molecule has 0 aliphatic heterocycles. The third-order valence-corrected chi connectivity index (χ3v) is 3.74. The predicted octanol–water partition coefficient (Wildman–Crippen LogP) is 0.756. The molecule has 0 atom stereocenters. The molecule has 0 fully saturated rings. The molecule has 20 heavy (non-hydrogen) atoms. The van der Waals surface area contributed by atoms with E-state index in [1.807, 2.05) is 24.3 Å². The molecule has 6 heteroatoms. The maximum Gasteiger partial charge on any atom is 0.142 e. The average molecular weight is 307 g/mol. The van der Waals surface area contributed by atoms with E-state index in [4.69, 9.17) is 4.74 Å². The summed E-state index contributed by atoms with van der Waals surface area (Å²) in [6.07, 6.45) is 1.58. The van der Waals surface area contributed by atoms with Crippen LogP contribution in [0.1, 0.15) is 4.88 Å². The Balaban J connectivity index is 0.00000147. The lowest BCUT2D eigenvalue weighted by molar-refractivity contribution is -0.00000420. The number of benzene rings is 1. The Labute approximate surface area is 127 Å². The second-order valence-corrected chi connectivity index (χ2v) is 5.39. The van der Waals surface area contributed by atoms with Crippen LogP contribution >= 0.6 is 11.3 Å². The van der Waals surface area contributed by atoms with Crippen molar-refractivity contribution in [1.29, 1.82) is 0 Å². The van der Waals surface area contributed by atoms with E-state index in [0.29, 0.717) is 0 Å². The summed E-state index contributed by atoms with van der Waals surface area (Å²) in [6.45, 7) is 2.07. The number of aromatic nitrogens is 2. The van der Waals surface area contributed by atoms with Gasteiger partial charge in [-0.15, -0.1) is 11.3 Å². The van der Waals surface area contributed by atoms with Crippen LogP contribution in [0.5, 0.6) is 5.75 Å². The SMILES string of the molecule is COc1cccc(Nc2ncnc3sc(C)cc23)c1.[Cl-]. The van der Waals surface area contributed by atoms with Gasteiger partial charge >= 0.3 is 0 Å². The molecule has 0 radical (unpaired) electrons. The number of halogens is 1. The Morgan fingerprint density at radius 2 is 2.05 bits per heavy atom. The van der Waals surface area contributed by atoms with Gasteiger partial charge in [0.05, 0.1) is 12.5 Å². The first kappa shape index (κ1) is 14.6. The monoisotopic (exact) mass is 306 g/mol. The molecule has 1 aromatic carbocycles. The van der Waals surface area contributed by atoms with E-state index in [1.54, 1.807) is 24.8 Å². The highest BCUT2D eigenvalue weighted by Gasteiger charge is 2.07. The van der Waals surface area contributed by atoms with Gasteiger partial charge in [-0.25, -0.2) is 9.97 Å². The maximum atomic E-state index is 5.21. The third-order valence-electron chi connectivity index (χ3n) is 2.79. The standard InChI is InChI=1S/C14H13N3OS.ClH/c1-9-6-12-13(15-8-16-14(12)19-9)17-10-4-3-5-11(7-10)18-2;/h3-8H,1-2H3,(H,15,16,17);1H/p-1. The number of hydrogen-bond donors (Lipinski definition) is 1. The summed E-state index contributed by atoms with van der Waals surface area (Å²) in [5, 5.41) is 4.36. The number of anilines is 2. The Morgan fingerprint density at radius 3 is 2.85 bits per heavy atom. The molecule has 4 nitrogen and oxygen atoms in total. The number of nitrogens with zero attached hydrogens (tertiary/aromatic N) is 2. The number of methoxy groups -OCH3 is 1. The van der Waals surface area contributed by atoms with Gasteiger partial charge in [0.2, 0.25) is 0 Å². The molecule has 0 amide bonds. The van der Waals surface area contributed by atoms with Crippen LogP contribution < -0.4 is 22.5 Å². The van der Waals surface area contributed by atoms with Gasteiger partial charge in [-0.3, -0.25) is 0 Å². The molecule has 0 aliphatic rings. The quantitative estimate of drug-likeness (QED) is 0.776. The summed E-state index contributed by atoms with van der Waals surface area (Å²) < 4.78 is 5.21. The largest absolute Gasteiger partial charge is 1.00 e. The van der Waals surface area contributed by atoms with Crippen molar-refractivity contribution < 1.29 is 17.1 Å². The van der Waals surface area contributed by atoms with Crippen LogP contribution in [0.15, 0.2) is 36.7 Å². The van der Waals surface area contributed by atoms with Gasteiger partial charge in [-0.2, -0.15) is 0 Å². The molecule has 3 rings (SSSR count). The molecule has 0 unspecified atom stereocenters. The Morgan fingerprint density at radius 1 is 1.20 bits per heavy atom. The third kappa shape index (κ3) is 2.84. The van der Waals surface area contributed by atoms with E-state index in [1.165, 1.54) is 4.88 Å². The summed E-state index contributed by atoms with van der Waals surface area (Å²) in [5.41, 5.74) is 0.947. The van der Waals surface area contributed by atoms with Gasteiger partial charge < -0.3 is 22.5 Å². The van der Waals surface area contributed by atoms with E-state index in [9.17, 15) is 0 Å². The minimum atomic E-state index is 0. The highest BCUT2D eigenvalue weighted by molar-refractivity contribution is 7.18. The van der Waals surface area contributed by atoms with E-state index in [0.717, 1.165) is 27.5 Å². The second-order valence-electron chi connectivity index (χ2n) is 4.16. The number of aryl methyl sites for hydroxylation is 1. The van der Waals surface area contributed by atoms with E-state index < -0.39 is 0 Å². The first-order chi connectivity index (χ1) is 9.26. The Hall–Kier alpha value is -1.85. The van der Waals surface area contributed by atoms with Crippen molar-refractivity contribution in [1.82, 2.24) is 9.97 Å². The molecule has 0 bridgehead atoms. The van der Waals surface area contributed by atoms with Crippen LogP contribution in [0.4, 0.5) is 11.5 Å². The van der Waals surface area contributed by atoms with Crippen LogP contribution in [0.25, 0.3) is 10.2 Å². The average Bonchev–Trinajstić information content (AvgIpc) is 2.80.